The van der Waals surface area contributed by atoms with E-state index in [2.05, 4.69) is 38.2 Å². The van der Waals surface area contributed by atoms with Crippen LogP contribution in [0.4, 0.5) is 10.5 Å². The molecule has 2 amide bonds. The maximum Gasteiger partial charge on any atom is 0.319 e. The lowest BCUT2D eigenvalue weighted by atomic mass is 10.1. The van der Waals surface area contributed by atoms with Gasteiger partial charge >= 0.3 is 6.03 Å². The van der Waals surface area contributed by atoms with Gasteiger partial charge in [0, 0.05) is 24.8 Å². The van der Waals surface area contributed by atoms with Crippen LogP contribution in [0.3, 0.4) is 0 Å². The second kappa shape index (κ2) is 9.03. The van der Waals surface area contributed by atoms with Crippen LogP contribution < -0.4 is 10.6 Å². The van der Waals surface area contributed by atoms with Gasteiger partial charge in [-0.05, 0) is 40.6 Å². The van der Waals surface area contributed by atoms with Gasteiger partial charge in [0.1, 0.15) is 0 Å². The zero-order valence-corrected chi connectivity index (χ0v) is 15.9. The molecule has 1 heterocycles. The molecule has 0 unspecified atom stereocenters. The molecule has 0 aliphatic carbocycles. The number of nitrogens with one attached hydrogen (secondary N) is 2. The molecule has 0 bridgehead atoms. The van der Waals surface area contributed by atoms with Crippen LogP contribution >= 0.6 is 15.9 Å². The Hall–Kier alpha value is -2.60. The number of amides is 2. The Kier molecular flexibility index (Phi) is 6.77. The van der Waals surface area contributed by atoms with Crippen molar-refractivity contribution >= 4 is 27.6 Å². The van der Waals surface area contributed by atoms with Crippen molar-refractivity contribution in [3.8, 4) is 11.3 Å². The number of halogens is 1. The average molecular weight is 401 g/mol. The molecule has 1 aromatic carbocycles. The number of allylic oxidation sites excluding steroid dienone is 3. The number of carbonyl (C=O) groups is 1. The smallest absolute Gasteiger partial charge is 0.319 e. The van der Waals surface area contributed by atoms with Crippen molar-refractivity contribution < 1.29 is 4.79 Å². The fraction of sp³-hybridized carbons (Fsp3) is 0.158. The number of aromatic nitrogens is 2. The zero-order valence-electron chi connectivity index (χ0n) is 14.3. The molecule has 0 aliphatic heterocycles. The predicted molar refractivity (Wildman–Crippen MR) is 106 cm³/mol. The molecule has 0 spiro atoms. The maximum absolute atomic E-state index is 12.1. The molecule has 0 aliphatic rings. The highest BCUT2D eigenvalue weighted by atomic mass is 79.9. The number of nitrogens with zero attached hydrogens (tertiary/aromatic N) is 2. The Balaban J connectivity index is 2.03. The van der Waals surface area contributed by atoms with Gasteiger partial charge in [-0.25, -0.2) is 4.79 Å². The number of urea groups is 1. The molecule has 5 nitrogen and oxygen atoms in total. The molecule has 0 radical (unpaired) electrons. The Morgan fingerprint density at radius 2 is 2.24 bits per heavy atom. The predicted octanol–water partition coefficient (Wildman–Crippen LogP) is 4.66. The number of hydrogen-bond acceptors (Lipinski definition) is 2. The summed E-state index contributed by atoms with van der Waals surface area (Å²) in [6.45, 7) is 6.01. The van der Waals surface area contributed by atoms with Gasteiger partial charge in [-0.2, -0.15) is 5.10 Å². The number of carbonyl (C=O) groups excluding carboxylic acids is 1. The number of benzene rings is 1. The lowest BCUT2D eigenvalue weighted by Gasteiger charge is -2.10. The van der Waals surface area contributed by atoms with E-state index in [1.54, 1.807) is 17.0 Å². The van der Waals surface area contributed by atoms with E-state index in [1.807, 2.05) is 56.5 Å². The molecular formula is C19H21BrN4O. The van der Waals surface area contributed by atoms with Gasteiger partial charge in [-0.15, -0.1) is 0 Å². The monoisotopic (exact) mass is 400 g/mol. The van der Waals surface area contributed by atoms with E-state index < -0.39 is 0 Å². The van der Waals surface area contributed by atoms with Crippen molar-refractivity contribution in [3.63, 3.8) is 0 Å². The van der Waals surface area contributed by atoms with Crippen LogP contribution in [0.5, 0.6) is 0 Å². The number of anilines is 1. The fourth-order valence-electron chi connectivity index (χ4n) is 2.29. The Morgan fingerprint density at radius 3 is 2.88 bits per heavy atom. The number of aryl methyl sites for hydroxylation is 1. The first kappa shape index (κ1) is 18.7. The van der Waals surface area contributed by atoms with Gasteiger partial charge in [0.25, 0.3) is 0 Å². The van der Waals surface area contributed by atoms with Crippen molar-refractivity contribution in [2.24, 2.45) is 7.05 Å². The summed E-state index contributed by atoms with van der Waals surface area (Å²) in [5.74, 6) is 0. The van der Waals surface area contributed by atoms with Crippen LogP contribution in [0, 0.1) is 0 Å². The normalized spacial score (nSPS) is 11.6. The van der Waals surface area contributed by atoms with Gasteiger partial charge in [0.2, 0.25) is 0 Å². The van der Waals surface area contributed by atoms with E-state index in [4.69, 9.17) is 0 Å². The lowest BCUT2D eigenvalue weighted by Crippen LogP contribution is -2.30. The van der Waals surface area contributed by atoms with Crippen molar-refractivity contribution in [2.45, 2.75) is 6.92 Å². The van der Waals surface area contributed by atoms with Gasteiger partial charge in [0.15, 0.2) is 0 Å². The number of hydrogen-bond donors (Lipinski definition) is 2. The average Bonchev–Trinajstić information content (AvgIpc) is 2.94. The first-order valence-electron chi connectivity index (χ1n) is 7.82. The van der Waals surface area contributed by atoms with Crippen molar-refractivity contribution in [3.05, 3.63) is 71.4 Å². The summed E-state index contributed by atoms with van der Waals surface area (Å²) in [5, 5.41) is 9.91. The van der Waals surface area contributed by atoms with E-state index in [1.165, 1.54) is 0 Å². The van der Waals surface area contributed by atoms with Crippen molar-refractivity contribution in [1.29, 1.82) is 0 Å². The highest BCUT2D eigenvalue weighted by molar-refractivity contribution is 9.10. The minimum Gasteiger partial charge on any atom is -0.334 e. The topological polar surface area (TPSA) is 59.0 Å². The van der Waals surface area contributed by atoms with Crippen LogP contribution in [-0.4, -0.2) is 22.4 Å². The summed E-state index contributed by atoms with van der Waals surface area (Å²) in [4.78, 5) is 12.1. The Labute approximate surface area is 156 Å². The molecule has 25 heavy (non-hydrogen) atoms. The molecule has 2 aromatic rings. The summed E-state index contributed by atoms with van der Waals surface area (Å²) < 4.78 is 2.69. The van der Waals surface area contributed by atoms with E-state index in [0.29, 0.717) is 12.2 Å². The van der Waals surface area contributed by atoms with Crippen molar-refractivity contribution in [2.75, 3.05) is 11.9 Å². The Bertz CT molecular complexity index is 801. The van der Waals surface area contributed by atoms with E-state index in [0.717, 1.165) is 21.3 Å². The van der Waals surface area contributed by atoms with Crippen LogP contribution in [0.15, 0.2) is 71.4 Å². The summed E-state index contributed by atoms with van der Waals surface area (Å²) in [5.41, 5.74) is 3.64. The highest BCUT2D eigenvalue weighted by Crippen LogP contribution is 2.29. The molecule has 0 saturated heterocycles. The third kappa shape index (κ3) is 5.19. The largest absolute Gasteiger partial charge is 0.334 e. The van der Waals surface area contributed by atoms with E-state index >= 15 is 0 Å². The zero-order chi connectivity index (χ0) is 18.2. The van der Waals surface area contributed by atoms with E-state index in [9.17, 15) is 4.79 Å². The second-order valence-corrected chi connectivity index (χ2v) is 6.17. The molecular weight excluding hydrogens is 380 g/mol. The summed E-state index contributed by atoms with van der Waals surface area (Å²) in [7, 11) is 1.88. The van der Waals surface area contributed by atoms with Gasteiger partial charge in [0.05, 0.1) is 16.4 Å². The first-order valence-corrected chi connectivity index (χ1v) is 8.61. The summed E-state index contributed by atoms with van der Waals surface area (Å²) in [6, 6.07) is 7.38. The molecule has 2 N–H and O–H groups in total. The summed E-state index contributed by atoms with van der Waals surface area (Å²) in [6.07, 6.45) is 9.14. The molecule has 130 valence electrons. The minimum atomic E-state index is -0.257. The Morgan fingerprint density at radius 1 is 1.44 bits per heavy atom. The molecule has 2 rings (SSSR count). The summed E-state index contributed by atoms with van der Waals surface area (Å²) >= 11 is 3.50. The molecule has 0 saturated carbocycles. The van der Waals surface area contributed by atoms with Crippen molar-refractivity contribution in [1.82, 2.24) is 15.1 Å². The molecule has 0 atom stereocenters. The van der Waals surface area contributed by atoms with Gasteiger partial charge in [-0.1, -0.05) is 43.0 Å². The third-order valence-corrected chi connectivity index (χ3v) is 4.14. The van der Waals surface area contributed by atoms with Gasteiger partial charge in [-0.3, -0.25) is 4.68 Å². The van der Waals surface area contributed by atoms with Crippen LogP contribution in [-0.2, 0) is 7.05 Å². The quantitative estimate of drug-likeness (QED) is 0.692. The SMILES string of the molecule is C=C/C=C\C(=C/C)CNC(=O)Nc1cccc(-c2c(Br)cnn2C)c1. The van der Waals surface area contributed by atoms with E-state index in [-0.39, 0.29) is 6.03 Å². The molecule has 6 heteroatoms. The van der Waals surface area contributed by atoms with Crippen LogP contribution in [0.2, 0.25) is 0 Å². The van der Waals surface area contributed by atoms with Crippen LogP contribution in [0.1, 0.15) is 6.92 Å². The highest BCUT2D eigenvalue weighted by Gasteiger charge is 2.10. The lowest BCUT2D eigenvalue weighted by molar-refractivity contribution is 0.253. The minimum absolute atomic E-state index is 0.257. The standard InChI is InChI=1S/C19H21BrN4O/c1-4-6-8-14(5-2)12-21-19(25)23-16-10-7-9-15(11-16)18-17(20)13-22-24(18)3/h4-11,13H,1,12H2,2-3H3,(H2,21,23,25)/b8-6-,14-5+. The molecule has 0 fully saturated rings. The second-order valence-electron chi connectivity index (χ2n) is 5.31. The fourth-order valence-corrected chi connectivity index (χ4v) is 2.86. The molecule has 1 aromatic heterocycles. The maximum atomic E-state index is 12.1. The first-order chi connectivity index (χ1) is 12.0. The number of rotatable bonds is 6. The third-order valence-electron chi connectivity index (χ3n) is 3.56. The van der Waals surface area contributed by atoms with Gasteiger partial charge < -0.3 is 10.6 Å². The van der Waals surface area contributed by atoms with Crippen LogP contribution in [0.25, 0.3) is 11.3 Å².